The molecule has 1 rings (SSSR count). The van der Waals surface area contributed by atoms with Gasteiger partial charge in [-0.15, -0.1) is 0 Å². The standard InChI is InChI=1S/C13H20F2N2O/c1-9(4-3-7-18)17-12(8-16)10-5-2-6-11(14)13(10)15/h2,5-6,9,12,17-18H,3-4,7-8,16H2,1H3. The number of aliphatic hydroxyl groups is 1. The summed E-state index contributed by atoms with van der Waals surface area (Å²) in [6.45, 7) is 2.23. The summed E-state index contributed by atoms with van der Waals surface area (Å²) in [5, 5.41) is 11.9. The molecule has 0 fully saturated rings. The number of hydrogen-bond donors (Lipinski definition) is 3. The predicted molar refractivity (Wildman–Crippen MR) is 67.1 cm³/mol. The normalized spacial score (nSPS) is 14.5. The molecule has 0 aliphatic carbocycles. The molecule has 0 amide bonds. The van der Waals surface area contributed by atoms with Crippen LogP contribution in [-0.2, 0) is 0 Å². The Labute approximate surface area is 106 Å². The monoisotopic (exact) mass is 258 g/mol. The van der Waals surface area contributed by atoms with Crippen LogP contribution >= 0.6 is 0 Å². The average Bonchev–Trinajstić information content (AvgIpc) is 2.37. The zero-order valence-corrected chi connectivity index (χ0v) is 10.5. The first-order valence-corrected chi connectivity index (χ1v) is 6.11. The van der Waals surface area contributed by atoms with Crippen LogP contribution in [0.1, 0.15) is 31.4 Å². The van der Waals surface area contributed by atoms with Gasteiger partial charge in [0.15, 0.2) is 11.6 Å². The number of nitrogens with one attached hydrogen (secondary N) is 1. The lowest BCUT2D eigenvalue weighted by molar-refractivity contribution is 0.273. The molecule has 2 unspecified atom stereocenters. The predicted octanol–water partition coefficient (Wildman–Crippen LogP) is 1.72. The van der Waals surface area contributed by atoms with Crippen molar-refractivity contribution in [3.05, 3.63) is 35.4 Å². The molecule has 5 heteroatoms. The molecule has 3 nitrogen and oxygen atoms in total. The number of nitrogens with two attached hydrogens (primary N) is 1. The second kappa shape index (κ2) is 7.41. The molecule has 0 saturated heterocycles. The molecular formula is C13H20F2N2O. The third kappa shape index (κ3) is 4.01. The zero-order valence-electron chi connectivity index (χ0n) is 10.5. The molecule has 1 aromatic carbocycles. The van der Waals surface area contributed by atoms with E-state index in [1.807, 2.05) is 6.92 Å². The van der Waals surface area contributed by atoms with Crippen molar-refractivity contribution in [1.82, 2.24) is 5.32 Å². The van der Waals surface area contributed by atoms with Crippen molar-refractivity contribution in [2.24, 2.45) is 5.73 Å². The fourth-order valence-electron chi connectivity index (χ4n) is 1.90. The van der Waals surface area contributed by atoms with Gasteiger partial charge in [0.25, 0.3) is 0 Å². The fraction of sp³-hybridized carbons (Fsp3) is 0.538. The summed E-state index contributed by atoms with van der Waals surface area (Å²) >= 11 is 0. The maximum atomic E-state index is 13.6. The molecule has 0 aliphatic rings. The minimum Gasteiger partial charge on any atom is -0.396 e. The summed E-state index contributed by atoms with van der Waals surface area (Å²) in [6, 6.07) is 3.74. The summed E-state index contributed by atoms with van der Waals surface area (Å²) in [5.74, 6) is -1.72. The van der Waals surface area contributed by atoms with E-state index >= 15 is 0 Å². The largest absolute Gasteiger partial charge is 0.396 e. The first-order chi connectivity index (χ1) is 8.60. The van der Waals surface area contributed by atoms with E-state index in [0.29, 0.717) is 6.42 Å². The van der Waals surface area contributed by atoms with Gasteiger partial charge in [-0.05, 0) is 25.8 Å². The molecule has 0 heterocycles. The Morgan fingerprint density at radius 1 is 1.39 bits per heavy atom. The van der Waals surface area contributed by atoms with E-state index in [1.54, 1.807) is 0 Å². The van der Waals surface area contributed by atoms with Crippen molar-refractivity contribution in [1.29, 1.82) is 0 Å². The van der Waals surface area contributed by atoms with Gasteiger partial charge >= 0.3 is 0 Å². The van der Waals surface area contributed by atoms with Gasteiger partial charge in [-0.25, -0.2) is 8.78 Å². The van der Waals surface area contributed by atoms with Crippen molar-refractivity contribution < 1.29 is 13.9 Å². The van der Waals surface area contributed by atoms with Crippen molar-refractivity contribution >= 4 is 0 Å². The van der Waals surface area contributed by atoms with Gasteiger partial charge in [-0.1, -0.05) is 12.1 Å². The second-order valence-electron chi connectivity index (χ2n) is 4.36. The minimum atomic E-state index is -0.865. The van der Waals surface area contributed by atoms with Crippen LogP contribution in [0.15, 0.2) is 18.2 Å². The summed E-state index contributed by atoms with van der Waals surface area (Å²) in [6.07, 6.45) is 1.42. The third-order valence-electron chi connectivity index (χ3n) is 2.87. The molecule has 102 valence electrons. The molecule has 0 radical (unpaired) electrons. The van der Waals surface area contributed by atoms with Gasteiger partial charge in [0.2, 0.25) is 0 Å². The Bertz CT molecular complexity index is 374. The Hall–Kier alpha value is -1.04. The van der Waals surface area contributed by atoms with Gasteiger partial charge in [0.1, 0.15) is 0 Å². The van der Waals surface area contributed by atoms with Crippen LogP contribution in [-0.4, -0.2) is 24.3 Å². The van der Waals surface area contributed by atoms with Gasteiger partial charge in [0.05, 0.1) is 0 Å². The lowest BCUT2D eigenvalue weighted by atomic mass is 10.0. The van der Waals surface area contributed by atoms with Crippen LogP contribution in [0.3, 0.4) is 0 Å². The zero-order chi connectivity index (χ0) is 13.5. The summed E-state index contributed by atoms with van der Waals surface area (Å²) < 4.78 is 26.8. The highest BCUT2D eigenvalue weighted by atomic mass is 19.2. The lowest BCUT2D eigenvalue weighted by Crippen LogP contribution is -2.35. The highest BCUT2D eigenvalue weighted by Crippen LogP contribution is 2.19. The van der Waals surface area contributed by atoms with Crippen molar-refractivity contribution in [2.75, 3.05) is 13.2 Å². The number of aliphatic hydroxyl groups excluding tert-OH is 1. The topological polar surface area (TPSA) is 58.3 Å². The van der Waals surface area contributed by atoms with E-state index in [-0.39, 0.29) is 24.8 Å². The van der Waals surface area contributed by atoms with Gasteiger partial charge in [0, 0.05) is 30.8 Å². The van der Waals surface area contributed by atoms with E-state index in [9.17, 15) is 8.78 Å². The fourth-order valence-corrected chi connectivity index (χ4v) is 1.90. The molecule has 18 heavy (non-hydrogen) atoms. The molecule has 1 aromatic rings. The van der Waals surface area contributed by atoms with E-state index in [4.69, 9.17) is 10.8 Å². The number of rotatable bonds is 7. The molecule has 4 N–H and O–H groups in total. The van der Waals surface area contributed by atoms with Crippen LogP contribution in [0, 0.1) is 11.6 Å². The number of benzene rings is 1. The van der Waals surface area contributed by atoms with Crippen molar-refractivity contribution in [2.45, 2.75) is 31.8 Å². The average molecular weight is 258 g/mol. The first-order valence-electron chi connectivity index (χ1n) is 6.11. The highest BCUT2D eigenvalue weighted by molar-refractivity contribution is 5.23. The summed E-state index contributed by atoms with van der Waals surface area (Å²) in [5.41, 5.74) is 5.84. The summed E-state index contributed by atoms with van der Waals surface area (Å²) in [4.78, 5) is 0. The lowest BCUT2D eigenvalue weighted by Gasteiger charge is -2.23. The molecule has 0 spiro atoms. The van der Waals surface area contributed by atoms with Gasteiger partial charge < -0.3 is 16.2 Å². The van der Waals surface area contributed by atoms with Crippen LogP contribution in [0.5, 0.6) is 0 Å². The second-order valence-corrected chi connectivity index (χ2v) is 4.36. The van der Waals surface area contributed by atoms with E-state index in [0.717, 1.165) is 12.5 Å². The van der Waals surface area contributed by atoms with Crippen molar-refractivity contribution in [3.63, 3.8) is 0 Å². The smallest absolute Gasteiger partial charge is 0.163 e. The van der Waals surface area contributed by atoms with Gasteiger partial charge in [-0.3, -0.25) is 0 Å². The van der Waals surface area contributed by atoms with Crippen molar-refractivity contribution in [3.8, 4) is 0 Å². The van der Waals surface area contributed by atoms with Gasteiger partial charge in [-0.2, -0.15) is 0 Å². The first kappa shape index (κ1) is 15.0. The molecule has 0 bridgehead atoms. The van der Waals surface area contributed by atoms with Crippen LogP contribution in [0.25, 0.3) is 0 Å². The molecule has 0 saturated carbocycles. The molecule has 2 atom stereocenters. The Kier molecular flexibility index (Phi) is 6.18. The third-order valence-corrected chi connectivity index (χ3v) is 2.87. The Balaban J connectivity index is 2.74. The number of hydrogen-bond acceptors (Lipinski definition) is 3. The Morgan fingerprint density at radius 3 is 2.72 bits per heavy atom. The van der Waals surface area contributed by atoms with Crippen LogP contribution < -0.4 is 11.1 Å². The van der Waals surface area contributed by atoms with Crippen LogP contribution in [0.2, 0.25) is 0 Å². The van der Waals surface area contributed by atoms with Crippen LogP contribution in [0.4, 0.5) is 8.78 Å². The quantitative estimate of drug-likeness (QED) is 0.698. The number of halogens is 2. The minimum absolute atomic E-state index is 0.0772. The van der Waals surface area contributed by atoms with E-state index in [2.05, 4.69) is 5.32 Å². The molecule has 0 aromatic heterocycles. The van der Waals surface area contributed by atoms with E-state index in [1.165, 1.54) is 12.1 Å². The SMILES string of the molecule is CC(CCCO)NC(CN)c1cccc(F)c1F. The highest BCUT2D eigenvalue weighted by Gasteiger charge is 2.18. The molecular weight excluding hydrogens is 238 g/mol. The summed E-state index contributed by atoms with van der Waals surface area (Å²) in [7, 11) is 0. The maximum absolute atomic E-state index is 13.6. The Morgan fingerprint density at radius 2 is 2.11 bits per heavy atom. The molecule has 0 aliphatic heterocycles. The van der Waals surface area contributed by atoms with E-state index < -0.39 is 17.7 Å². The maximum Gasteiger partial charge on any atom is 0.163 e.